The van der Waals surface area contributed by atoms with Crippen LogP contribution in [0.3, 0.4) is 0 Å². The summed E-state index contributed by atoms with van der Waals surface area (Å²) in [7, 11) is 0. The number of aromatic nitrogens is 1. The maximum Gasteiger partial charge on any atom is 0.0841 e. The second-order valence-corrected chi connectivity index (χ2v) is 6.94. The van der Waals surface area contributed by atoms with Gasteiger partial charge in [-0.1, -0.05) is 43.3 Å². The Morgan fingerprint density at radius 3 is 2.31 bits per heavy atom. The van der Waals surface area contributed by atoms with Crippen LogP contribution in [-0.2, 0) is 0 Å². The summed E-state index contributed by atoms with van der Waals surface area (Å²) in [5.74, 6) is 0. The van der Waals surface area contributed by atoms with Crippen molar-refractivity contribution < 1.29 is 0 Å². The summed E-state index contributed by atoms with van der Waals surface area (Å²) in [6.45, 7) is 6.79. The van der Waals surface area contributed by atoms with E-state index >= 15 is 0 Å². The molecule has 0 spiro atoms. The van der Waals surface area contributed by atoms with Crippen molar-refractivity contribution in [1.82, 2.24) is 4.98 Å². The van der Waals surface area contributed by atoms with Crippen LogP contribution in [0.1, 0.15) is 25.8 Å². The van der Waals surface area contributed by atoms with Gasteiger partial charge in [-0.2, -0.15) is 0 Å². The standard InChI is InChI=1S/C23H25N3/c1-4-20-18(3)25(21-13-9-8-10-17(21)2)23-16-24-15-14-22(23)26(20)19-11-6-5-7-12-19/h5-16,18,20H,4H2,1-3H3. The SMILES string of the molecule is CCC1C(C)N(c2ccccc2C)c2cnccc2N1c1ccccc1. The van der Waals surface area contributed by atoms with Gasteiger partial charge in [0.15, 0.2) is 0 Å². The van der Waals surface area contributed by atoms with E-state index in [9.17, 15) is 0 Å². The van der Waals surface area contributed by atoms with Gasteiger partial charge in [0.1, 0.15) is 0 Å². The lowest BCUT2D eigenvalue weighted by Crippen LogP contribution is -2.51. The first-order valence-corrected chi connectivity index (χ1v) is 9.35. The second-order valence-electron chi connectivity index (χ2n) is 6.94. The number of benzene rings is 2. The number of fused-ring (bicyclic) bond motifs is 1. The first kappa shape index (κ1) is 16.6. The zero-order valence-electron chi connectivity index (χ0n) is 15.6. The van der Waals surface area contributed by atoms with Crippen LogP contribution < -0.4 is 9.80 Å². The van der Waals surface area contributed by atoms with Gasteiger partial charge in [0.25, 0.3) is 0 Å². The highest BCUT2D eigenvalue weighted by atomic mass is 15.3. The number of aryl methyl sites for hydroxylation is 1. The maximum absolute atomic E-state index is 4.45. The van der Waals surface area contributed by atoms with Gasteiger partial charge in [0.2, 0.25) is 0 Å². The summed E-state index contributed by atoms with van der Waals surface area (Å²) >= 11 is 0. The van der Waals surface area contributed by atoms with Crippen molar-refractivity contribution in [2.45, 2.75) is 39.3 Å². The van der Waals surface area contributed by atoms with Gasteiger partial charge in [0.05, 0.1) is 29.7 Å². The molecule has 0 amide bonds. The summed E-state index contributed by atoms with van der Waals surface area (Å²) in [4.78, 5) is 9.39. The number of hydrogen-bond donors (Lipinski definition) is 0. The summed E-state index contributed by atoms with van der Waals surface area (Å²) in [6, 6.07) is 22.2. The maximum atomic E-state index is 4.45. The van der Waals surface area contributed by atoms with Crippen molar-refractivity contribution in [2.75, 3.05) is 9.80 Å². The molecule has 132 valence electrons. The lowest BCUT2D eigenvalue weighted by molar-refractivity contribution is 0.509. The van der Waals surface area contributed by atoms with E-state index in [2.05, 4.69) is 96.2 Å². The van der Waals surface area contributed by atoms with E-state index in [1.165, 1.54) is 28.3 Å². The molecule has 2 aromatic carbocycles. The summed E-state index contributed by atoms with van der Waals surface area (Å²) in [5, 5.41) is 0. The molecule has 3 heteroatoms. The Morgan fingerprint density at radius 1 is 0.846 bits per heavy atom. The molecule has 26 heavy (non-hydrogen) atoms. The van der Waals surface area contributed by atoms with E-state index in [4.69, 9.17) is 0 Å². The lowest BCUT2D eigenvalue weighted by atomic mass is 9.95. The molecule has 1 aliphatic rings. The Hall–Kier alpha value is -2.81. The van der Waals surface area contributed by atoms with Gasteiger partial charge in [-0.05, 0) is 50.1 Å². The Morgan fingerprint density at radius 2 is 1.58 bits per heavy atom. The van der Waals surface area contributed by atoms with E-state index in [1.54, 1.807) is 0 Å². The van der Waals surface area contributed by atoms with Crippen LogP contribution in [0.25, 0.3) is 0 Å². The number of hydrogen-bond acceptors (Lipinski definition) is 3. The van der Waals surface area contributed by atoms with Gasteiger partial charge in [-0.25, -0.2) is 0 Å². The predicted molar refractivity (Wildman–Crippen MR) is 110 cm³/mol. The molecule has 2 unspecified atom stereocenters. The van der Waals surface area contributed by atoms with Crippen LogP contribution in [0.15, 0.2) is 73.1 Å². The van der Waals surface area contributed by atoms with Crippen LogP contribution in [0, 0.1) is 6.92 Å². The first-order valence-electron chi connectivity index (χ1n) is 9.35. The van der Waals surface area contributed by atoms with Gasteiger partial charge >= 0.3 is 0 Å². The molecule has 0 fully saturated rings. The highest BCUT2D eigenvalue weighted by Crippen LogP contribution is 2.46. The Labute approximate surface area is 155 Å². The molecule has 0 aliphatic carbocycles. The Balaban J connectivity index is 1.93. The van der Waals surface area contributed by atoms with Crippen molar-refractivity contribution in [3.8, 4) is 0 Å². The molecule has 0 bridgehead atoms. The highest BCUT2D eigenvalue weighted by molar-refractivity contribution is 5.85. The minimum Gasteiger partial charge on any atom is -0.335 e. The average Bonchev–Trinajstić information content (AvgIpc) is 2.69. The molecule has 0 radical (unpaired) electrons. The Kier molecular flexibility index (Phi) is 4.37. The quantitative estimate of drug-likeness (QED) is 0.595. The molecule has 0 N–H and O–H groups in total. The van der Waals surface area contributed by atoms with Crippen LogP contribution in [0.4, 0.5) is 22.7 Å². The lowest BCUT2D eigenvalue weighted by Gasteiger charge is -2.49. The van der Waals surface area contributed by atoms with Crippen LogP contribution in [-0.4, -0.2) is 17.1 Å². The van der Waals surface area contributed by atoms with E-state index < -0.39 is 0 Å². The number of para-hydroxylation sites is 2. The molecule has 2 heterocycles. The van der Waals surface area contributed by atoms with Gasteiger partial charge in [0, 0.05) is 17.6 Å². The van der Waals surface area contributed by atoms with Gasteiger partial charge < -0.3 is 9.80 Å². The molecular formula is C23H25N3. The third-order valence-electron chi connectivity index (χ3n) is 5.42. The van der Waals surface area contributed by atoms with Crippen molar-refractivity contribution in [1.29, 1.82) is 0 Å². The van der Waals surface area contributed by atoms with Crippen molar-refractivity contribution >= 4 is 22.7 Å². The van der Waals surface area contributed by atoms with Crippen molar-refractivity contribution in [3.05, 3.63) is 78.6 Å². The third-order valence-corrected chi connectivity index (χ3v) is 5.42. The molecule has 3 nitrogen and oxygen atoms in total. The minimum atomic E-state index is 0.331. The molecule has 4 rings (SSSR count). The topological polar surface area (TPSA) is 19.4 Å². The Bertz CT molecular complexity index is 891. The average molecular weight is 343 g/mol. The van der Waals surface area contributed by atoms with E-state index in [-0.39, 0.29) is 0 Å². The second kappa shape index (κ2) is 6.83. The fourth-order valence-electron chi connectivity index (χ4n) is 4.18. The summed E-state index contributed by atoms with van der Waals surface area (Å²) in [5.41, 5.74) is 6.18. The predicted octanol–water partition coefficient (Wildman–Crippen LogP) is 5.85. The number of nitrogens with zero attached hydrogens (tertiary/aromatic N) is 3. The summed E-state index contributed by atoms with van der Waals surface area (Å²) < 4.78 is 0. The molecule has 3 aromatic rings. The van der Waals surface area contributed by atoms with E-state index in [1.807, 2.05) is 12.4 Å². The minimum absolute atomic E-state index is 0.331. The van der Waals surface area contributed by atoms with Gasteiger partial charge in [-0.3, -0.25) is 4.98 Å². The van der Waals surface area contributed by atoms with E-state index in [0.29, 0.717) is 12.1 Å². The highest BCUT2D eigenvalue weighted by Gasteiger charge is 2.37. The molecule has 2 atom stereocenters. The molecule has 0 saturated carbocycles. The smallest absolute Gasteiger partial charge is 0.0841 e. The monoisotopic (exact) mass is 343 g/mol. The first-order chi connectivity index (χ1) is 12.7. The van der Waals surface area contributed by atoms with Crippen LogP contribution >= 0.6 is 0 Å². The van der Waals surface area contributed by atoms with Crippen molar-refractivity contribution in [3.63, 3.8) is 0 Å². The van der Waals surface area contributed by atoms with Crippen molar-refractivity contribution in [2.24, 2.45) is 0 Å². The van der Waals surface area contributed by atoms with Crippen LogP contribution in [0.2, 0.25) is 0 Å². The largest absolute Gasteiger partial charge is 0.335 e. The van der Waals surface area contributed by atoms with Gasteiger partial charge in [-0.15, -0.1) is 0 Å². The van der Waals surface area contributed by atoms with E-state index in [0.717, 1.165) is 6.42 Å². The summed E-state index contributed by atoms with van der Waals surface area (Å²) in [6.07, 6.45) is 4.97. The third kappa shape index (κ3) is 2.64. The number of rotatable bonds is 3. The molecule has 1 aromatic heterocycles. The fraction of sp³-hybridized carbons (Fsp3) is 0.261. The van der Waals surface area contributed by atoms with Crippen LogP contribution in [0.5, 0.6) is 0 Å². The molecule has 0 saturated heterocycles. The zero-order chi connectivity index (χ0) is 18.1. The fourth-order valence-corrected chi connectivity index (χ4v) is 4.18. The molecule has 1 aliphatic heterocycles. The number of anilines is 4. The zero-order valence-corrected chi connectivity index (χ0v) is 15.6. The molecular weight excluding hydrogens is 318 g/mol. The number of pyridine rings is 1. The normalized spacial score (nSPS) is 19.3.